The van der Waals surface area contributed by atoms with E-state index in [1.165, 1.54) is 24.3 Å². The molecule has 6 nitrogen and oxygen atoms in total. The number of benzene rings is 2. The summed E-state index contributed by atoms with van der Waals surface area (Å²) in [6, 6.07) is 8.73. The molecule has 0 bridgehead atoms. The summed E-state index contributed by atoms with van der Waals surface area (Å²) >= 11 is 0. The van der Waals surface area contributed by atoms with Crippen molar-refractivity contribution in [3.8, 4) is 11.5 Å². The molecular weight excluding hydrogens is 524 g/mol. The van der Waals surface area contributed by atoms with Crippen molar-refractivity contribution in [2.75, 3.05) is 14.2 Å². The second kappa shape index (κ2) is 10.1. The van der Waals surface area contributed by atoms with Crippen LogP contribution in [0.3, 0.4) is 0 Å². The van der Waals surface area contributed by atoms with E-state index in [4.69, 9.17) is 0 Å². The summed E-state index contributed by atoms with van der Waals surface area (Å²) in [6.45, 7) is 3.25. The molecular formula is C23H20F8O6. The minimum absolute atomic E-state index is 0.416. The molecule has 204 valence electrons. The predicted molar refractivity (Wildman–Crippen MR) is 110 cm³/mol. The van der Waals surface area contributed by atoms with Crippen molar-refractivity contribution in [3.63, 3.8) is 0 Å². The number of hydrogen-bond donors (Lipinski definition) is 0. The highest BCUT2D eigenvalue weighted by atomic mass is 19.3. The highest BCUT2D eigenvalue weighted by Gasteiger charge is 2.67. The first-order chi connectivity index (χ1) is 16.8. The summed E-state index contributed by atoms with van der Waals surface area (Å²) in [5.74, 6) is -16.9. The minimum atomic E-state index is -5.26. The molecule has 2 aromatic carbocycles. The molecule has 0 amide bonds. The Hall–Kier alpha value is -3.58. The van der Waals surface area contributed by atoms with Crippen molar-refractivity contribution >= 4 is 11.9 Å². The lowest BCUT2D eigenvalue weighted by molar-refractivity contribution is -0.303. The van der Waals surface area contributed by atoms with Crippen LogP contribution < -0.4 is 9.47 Å². The smallest absolute Gasteiger partial charge is 0.464 e. The summed E-state index contributed by atoms with van der Waals surface area (Å²) in [7, 11) is 1.01. The summed E-state index contributed by atoms with van der Waals surface area (Å²) in [6.07, 6.45) is -10.4. The number of methoxy groups -OCH3 is 2. The molecule has 0 unspecified atom stereocenters. The zero-order chi connectivity index (χ0) is 28.4. The fourth-order valence-corrected chi connectivity index (χ4v) is 2.96. The summed E-state index contributed by atoms with van der Waals surface area (Å²) in [5.41, 5.74) is -0.119. The zero-order valence-electron chi connectivity index (χ0n) is 19.6. The number of rotatable bonds is 10. The second-order valence-corrected chi connectivity index (χ2v) is 8.04. The lowest BCUT2D eigenvalue weighted by Crippen LogP contribution is -2.51. The molecule has 0 aliphatic heterocycles. The molecule has 0 spiro atoms. The Morgan fingerprint density at radius 1 is 0.568 bits per heavy atom. The molecule has 14 heteroatoms. The van der Waals surface area contributed by atoms with Gasteiger partial charge in [0.15, 0.2) is 0 Å². The van der Waals surface area contributed by atoms with Crippen LogP contribution in [0.25, 0.3) is 0 Å². The average Bonchev–Trinajstić information content (AvgIpc) is 2.82. The van der Waals surface area contributed by atoms with Gasteiger partial charge in [-0.3, -0.25) is 0 Å². The van der Waals surface area contributed by atoms with Gasteiger partial charge in [-0.05, 0) is 35.4 Å². The van der Waals surface area contributed by atoms with Gasteiger partial charge in [-0.1, -0.05) is 38.1 Å². The van der Waals surface area contributed by atoms with Crippen LogP contribution in [0.2, 0.25) is 0 Å². The molecule has 0 saturated heterocycles. The van der Waals surface area contributed by atoms with Gasteiger partial charge in [0.25, 0.3) is 0 Å². The summed E-state index contributed by atoms with van der Waals surface area (Å²) in [5, 5.41) is 0. The molecule has 0 N–H and O–H groups in total. The van der Waals surface area contributed by atoms with Crippen molar-refractivity contribution in [1.29, 1.82) is 0 Å². The number of hydrogen-bond acceptors (Lipinski definition) is 6. The third-order valence-corrected chi connectivity index (χ3v) is 5.26. The maximum Gasteiger partial charge on any atom is 0.476 e. The Morgan fingerprint density at radius 2 is 0.838 bits per heavy atom. The summed E-state index contributed by atoms with van der Waals surface area (Å²) < 4.78 is 125. The molecule has 0 radical (unpaired) electrons. The predicted octanol–water partition coefficient (Wildman–Crippen LogP) is 5.57. The Morgan fingerprint density at radius 3 is 1.08 bits per heavy atom. The van der Waals surface area contributed by atoms with E-state index in [9.17, 15) is 44.7 Å². The van der Waals surface area contributed by atoms with Crippen molar-refractivity contribution < 1.29 is 63.7 Å². The van der Waals surface area contributed by atoms with Crippen LogP contribution in [0.5, 0.6) is 11.5 Å². The van der Waals surface area contributed by atoms with Gasteiger partial charge < -0.3 is 18.9 Å². The monoisotopic (exact) mass is 544 g/mol. The fraction of sp³-hybridized carbons (Fsp3) is 0.391. The van der Waals surface area contributed by atoms with E-state index in [1.54, 1.807) is 13.8 Å². The second-order valence-electron chi connectivity index (χ2n) is 8.04. The average molecular weight is 544 g/mol. The standard InChI is InChI=1S/C23H20F8O6/c1-19(2,13-5-9-15(10-6-13)36-22(28,29)20(24,25)17(32)34-3)14-7-11-16(12-8-14)37-23(30,31)21(26,27)18(33)35-4/h5-12H,1-4H3. The first-order valence-corrected chi connectivity index (χ1v) is 10.1. The number of carbonyl (C=O) groups is 2. The molecule has 0 saturated carbocycles. The third kappa shape index (κ3) is 5.72. The molecule has 0 aliphatic rings. The number of carbonyl (C=O) groups excluding carboxylic acids is 2. The zero-order valence-corrected chi connectivity index (χ0v) is 19.6. The highest BCUT2D eigenvalue weighted by Crippen LogP contribution is 2.40. The highest BCUT2D eigenvalue weighted by molar-refractivity contribution is 5.79. The van der Waals surface area contributed by atoms with Gasteiger partial charge in [0, 0.05) is 5.41 Å². The van der Waals surface area contributed by atoms with E-state index in [2.05, 4.69) is 18.9 Å². The Kier molecular flexibility index (Phi) is 8.06. The van der Waals surface area contributed by atoms with Crippen LogP contribution in [0.1, 0.15) is 25.0 Å². The van der Waals surface area contributed by atoms with Gasteiger partial charge in [0.05, 0.1) is 14.2 Å². The van der Waals surface area contributed by atoms with E-state index in [0.717, 1.165) is 24.3 Å². The molecule has 0 atom stereocenters. The van der Waals surface area contributed by atoms with Crippen molar-refractivity contribution in [1.82, 2.24) is 0 Å². The van der Waals surface area contributed by atoms with Gasteiger partial charge in [-0.15, -0.1) is 0 Å². The van der Waals surface area contributed by atoms with E-state index in [1.807, 2.05) is 0 Å². The normalized spacial score (nSPS) is 13.1. The molecule has 0 fully saturated rings. The molecule has 2 rings (SSSR count). The molecule has 2 aromatic rings. The quantitative estimate of drug-likeness (QED) is 0.288. The van der Waals surface area contributed by atoms with E-state index in [0.29, 0.717) is 25.3 Å². The van der Waals surface area contributed by atoms with Gasteiger partial charge in [-0.25, -0.2) is 9.59 Å². The Balaban J connectivity index is 2.22. The maximum atomic E-state index is 13.8. The van der Waals surface area contributed by atoms with Gasteiger partial charge in [0.1, 0.15) is 11.5 Å². The fourth-order valence-electron chi connectivity index (χ4n) is 2.96. The number of esters is 2. The van der Waals surface area contributed by atoms with Crippen LogP contribution in [-0.4, -0.2) is 50.2 Å². The van der Waals surface area contributed by atoms with Crippen LogP contribution >= 0.6 is 0 Å². The van der Waals surface area contributed by atoms with Crippen molar-refractivity contribution in [2.24, 2.45) is 0 Å². The van der Waals surface area contributed by atoms with Crippen LogP contribution in [0, 0.1) is 0 Å². The number of ether oxygens (including phenoxy) is 4. The van der Waals surface area contributed by atoms with Crippen LogP contribution in [0.15, 0.2) is 48.5 Å². The van der Waals surface area contributed by atoms with Gasteiger partial charge in [-0.2, -0.15) is 35.1 Å². The summed E-state index contributed by atoms with van der Waals surface area (Å²) in [4.78, 5) is 21.9. The lowest BCUT2D eigenvalue weighted by atomic mass is 9.78. The molecule has 0 aliphatic carbocycles. The largest absolute Gasteiger partial charge is 0.476 e. The topological polar surface area (TPSA) is 71.1 Å². The van der Waals surface area contributed by atoms with Crippen molar-refractivity contribution in [2.45, 2.75) is 43.3 Å². The third-order valence-electron chi connectivity index (χ3n) is 5.26. The maximum absolute atomic E-state index is 13.8. The van der Waals surface area contributed by atoms with Crippen LogP contribution in [-0.2, 0) is 24.5 Å². The van der Waals surface area contributed by atoms with E-state index in [-0.39, 0.29) is 0 Å². The van der Waals surface area contributed by atoms with E-state index < -0.39 is 52.9 Å². The van der Waals surface area contributed by atoms with Crippen molar-refractivity contribution in [3.05, 3.63) is 59.7 Å². The van der Waals surface area contributed by atoms with Gasteiger partial charge >= 0.3 is 36.0 Å². The van der Waals surface area contributed by atoms with E-state index >= 15 is 0 Å². The molecule has 0 heterocycles. The van der Waals surface area contributed by atoms with Gasteiger partial charge in [0.2, 0.25) is 0 Å². The lowest BCUT2D eigenvalue weighted by Gasteiger charge is -2.28. The molecule has 37 heavy (non-hydrogen) atoms. The van der Waals surface area contributed by atoms with Crippen LogP contribution in [0.4, 0.5) is 35.1 Å². The Bertz CT molecular complexity index is 1030. The SMILES string of the molecule is COC(=O)C(F)(F)C(F)(F)Oc1ccc(C(C)(C)c2ccc(OC(F)(F)C(F)(F)C(=O)OC)cc2)cc1. The number of alkyl halides is 8. The number of halogens is 8. The minimum Gasteiger partial charge on any atom is -0.464 e. The first-order valence-electron chi connectivity index (χ1n) is 10.1. The molecule has 0 aromatic heterocycles. The Labute approximate surface area is 205 Å². The first kappa shape index (κ1) is 29.6.